The summed E-state index contributed by atoms with van der Waals surface area (Å²) in [6, 6.07) is 93.4. The zero-order chi connectivity index (χ0) is 53.3. The van der Waals surface area contributed by atoms with Crippen LogP contribution in [0.25, 0.3) is 148 Å². The number of fused-ring (bicyclic) bond motifs is 8. The van der Waals surface area contributed by atoms with Crippen molar-refractivity contribution in [1.29, 1.82) is 0 Å². The van der Waals surface area contributed by atoms with Gasteiger partial charge in [0.1, 0.15) is 0 Å². The molecule has 81 heavy (non-hydrogen) atoms. The maximum Gasteiger partial charge on any atom is 0.0656 e. The van der Waals surface area contributed by atoms with Gasteiger partial charge in [0.2, 0.25) is 0 Å². The van der Waals surface area contributed by atoms with Crippen molar-refractivity contribution in [2.45, 2.75) is 25.2 Å². The highest BCUT2D eigenvalue weighted by Gasteiger charge is 2.30. The molecule has 2 aliphatic rings. The van der Waals surface area contributed by atoms with Gasteiger partial charge >= 0.3 is 0 Å². The average molecular weight is 1030 g/mol. The Morgan fingerprint density at radius 1 is 0.346 bits per heavy atom. The summed E-state index contributed by atoms with van der Waals surface area (Å²) in [7, 11) is 0. The van der Waals surface area contributed by atoms with E-state index >= 15 is 0 Å². The number of benzene rings is 15. The second-order valence-corrected chi connectivity index (χ2v) is 22.9. The van der Waals surface area contributed by atoms with Gasteiger partial charge in [0.25, 0.3) is 0 Å². The standard InChI is InChI=1S/C80H53N/c1-80(58-39-40-71-72(47-58)77(57-38-32-50-16-3-5-18-55(50)46-57)62-22-7-6-21-61(62)76(71)56-37-31-49-15-2-4-17-54(49)45-56)44-43-73(81-48-80)79-68-25-10-8-23-63(68)75(64-24-9-11-26-69(64)79)53-35-33-51(34-36-53)59-41-42-70-66-28-13-20-52-19-12-27-65(74(52)66)67-30-14-29-60(59)78(67)70/h2-11,13-18,20-47H,12,19,48H2,1H3. The lowest BCUT2D eigenvalue weighted by Gasteiger charge is -2.30. The molecule has 1 aliphatic carbocycles. The molecule has 0 bridgehead atoms. The lowest BCUT2D eigenvalue weighted by molar-refractivity contribution is 0.605. The number of allylic oxidation sites excluding steroid dienone is 1. The van der Waals surface area contributed by atoms with Crippen LogP contribution in [-0.4, -0.2) is 12.3 Å². The summed E-state index contributed by atoms with van der Waals surface area (Å²) in [5.41, 5.74) is 14.5. The number of dihydropyridines is 1. The van der Waals surface area contributed by atoms with Gasteiger partial charge in [0, 0.05) is 11.0 Å². The van der Waals surface area contributed by atoms with E-state index in [9.17, 15) is 0 Å². The molecule has 0 saturated carbocycles. The van der Waals surface area contributed by atoms with Crippen LogP contribution < -0.4 is 5.22 Å². The van der Waals surface area contributed by atoms with Gasteiger partial charge < -0.3 is 0 Å². The van der Waals surface area contributed by atoms with Gasteiger partial charge in [-0.15, -0.1) is 0 Å². The number of aryl methyl sites for hydroxylation is 1. The zero-order valence-corrected chi connectivity index (χ0v) is 45.0. The molecule has 0 saturated heterocycles. The van der Waals surface area contributed by atoms with Gasteiger partial charge in [-0.1, -0.05) is 250 Å². The van der Waals surface area contributed by atoms with Crippen molar-refractivity contribution in [2.24, 2.45) is 4.99 Å². The summed E-state index contributed by atoms with van der Waals surface area (Å²) < 4.78 is 0. The molecular weight excluding hydrogens is 975 g/mol. The van der Waals surface area contributed by atoms with Crippen molar-refractivity contribution in [1.82, 2.24) is 0 Å². The quantitative estimate of drug-likeness (QED) is 0.116. The van der Waals surface area contributed by atoms with Gasteiger partial charge in [-0.05, 0) is 195 Å². The highest BCUT2D eigenvalue weighted by Crippen LogP contribution is 2.48. The van der Waals surface area contributed by atoms with E-state index in [1.165, 1.54) is 163 Å². The third-order valence-corrected chi connectivity index (χ3v) is 18.4. The molecule has 0 radical (unpaired) electrons. The molecule has 1 heteroatoms. The van der Waals surface area contributed by atoms with Gasteiger partial charge in [0.15, 0.2) is 0 Å². The highest BCUT2D eigenvalue weighted by molar-refractivity contribution is 6.29. The lowest BCUT2D eigenvalue weighted by Crippen LogP contribution is -2.27. The molecule has 1 unspecified atom stereocenters. The first-order valence-corrected chi connectivity index (χ1v) is 28.7. The Bertz CT molecular complexity index is 5270. The molecule has 0 fully saturated rings. The second-order valence-electron chi connectivity index (χ2n) is 22.9. The molecular formula is C80H53N. The van der Waals surface area contributed by atoms with E-state index < -0.39 is 0 Å². The average Bonchev–Trinajstić information content (AvgIpc) is 3.67. The van der Waals surface area contributed by atoms with Crippen LogP contribution in [0.4, 0.5) is 0 Å². The van der Waals surface area contributed by atoms with E-state index in [1.807, 2.05) is 0 Å². The van der Waals surface area contributed by atoms with E-state index in [-0.39, 0.29) is 5.41 Å². The minimum atomic E-state index is -0.355. The number of rotatable bonds is 6. The van der Waals surface area contributed by atoms with Crippen molar-refractivity contribution in [2.75, 3.05) is 6.54 Å². The maximum absolute atomic E-state index is 5.62. The molecule has 0 spiro atoms. The summed E-state index contributed by atoms with van der Waals surface area (Å²) in [6.07, 6.45) is 9.40. The monoisotopic (exact) mass is 1030 g/mol. The summed E-state index contributed by atoms with van der Waals surface area (Å²) in [6.45, 7) is 2.98. The maximum atomic E-state index is 5.62. The summed E-state index contributed by atoms with van der Waals surface area (Å²) in [5.74, 6) is 0. The first-order chi connectivity index (χ1) is 40.0. The Labute approximate surface area is 470 Å². The first-order valence-electron chi connectivity index (χ1n) is 28.7. The fourth-order valence-electron chi connectivity index (χ4n) is 14.5. The fourth-order valence-corrected chi connectivity index (χ4v) is 14.5. The third-order valence-electron chi connectivity index (χ3n) is 18.4. The Morgan fingerprint density at radius 3 is 1.46 bits per heavy atom. The molecule has 15 aromatic rings. The molecule has 17 rings (SSSR count). The summed E-state index contributed by atoms with van der Waals surface area (Å²) in [5, 5.41) is 24.5. The van der Waals surface area contributed by atoms with Crippen molar-refractivity contribution in [3.8, 4) is 44.5 Å². The smallest absolute Gasteiger partial charge is 0.0656 e. The predicted octanol–water partition coefficient (Wildman–Crippen LogP) is 20.5. The molecule has 1 aliphatic heterocycles. The van der Waals surface area contributed by atoms with E-state index in [0.29, 0.717) is 6.54 Å². The number of nitrogens with zero attached hydrogens (tertiary/aromatic N) is 1. The van der Waals surface area contributed by atoms with E-state index in [4.69, 9.17) is 4.99 Å². The van der Waals surface area contributed by atoms with E-state index in [1.54, 1.807) is 0 Å². The topological polar surface area (TPSA) is 12.4 Å². The summed E-state index contributed by atoms with van der Waals surface area (Å²) >= 11 is 0. The van der Waals surface area contributed by atoms with Crippen molar-refractivity contribution >= 4 is 109 Å². The second kappa shape index (κ2) is 17.8. The first kappa shape index (κ1) is 46.0. The minimum Gasteiger partial charge on any atom is -0.283 e. The Kier molecular flexibility index (Phi) is 10.1. The Hall–Kier alpha value is -9.95. The van der Waals surface area contributed by atoms with E-state index in [0.717, 1.165) is 18.6 Å². The van der Waals surface area contributed by atoms with Crippen molar-refractivity contribution < 1.29 is 0 Å². The molecule has 0 amide bonds. The molecule has 1 heterocycles. The number of aliphatic imine (C=N–C) groups is 1. The predicted molar refractivity (Wildman–Crippen MR) is 348 cm³/mol. The molecule has 1 atom stereocenters. The van der Waals surface area contributed by atoms with Crippen LogP contribution in [0.3, 0.4) is 0 Å². The Morgan fingerprint density at radius 2 is 0.827 bits per heavy atom. The van der Waals surface area contributed by atoms with Crippen LogP contribution in [-0.2, 0) is 11.8 Å². The number of hydrogen-bond acceptors (Lipinski definition) is 1. The van der Waals surface area contributed by atoms with Gasteiger partial charge in [0.05, 0.1) is 12.3 Å². The zero-order valence-electron chi connectivity index (χ0n) is 45.0. The van der Waals surface area contributed by atoms with Crippen LogP contribution >= 0.6 is 0 Å². The SMILES string of the molecule is CC1(c2ccc3c(-c4ccc5ccccc5c4)c4ccccc4c(-c4ccc5ccccc5c4)c3c2)C=CC(c2c3ccccc3c(-c3ccc(-c4ccc5c6cccc7c6c(c6cccc4c65)=CCC7)cc3)c3ccccc23)=NC1. The van der Waals surface area contributed by atoms with Crippen LogP contribution in [0.2, 0.25) is 0 Å². The van der Waals surface area contributed by atoms with Crippen LogP contribution in [0, 0.1) is 0 Å². The largest absolute Gasteiger partial charge is 0.283 e. The van der Waals surface area contributed by atoms with Crippen LogP contribution in [0.15, 0.2) is 266 Å². The van der Waals surface area contributed by atoms with Crippen LogP contribution in [0.1, 0.15) is 30.0 Å². The Balaban J connectivity index is 0.774. The van der Waals surface area contributed by atoms with E-state index in [2.05, 4.69) is 274 Å². The van der Waals surface area contributed by atoms with Gasteiger partial charge in [-0.25, -0.2) is 0 Å². The molecule has 1 nitrogen and oxygen atoms in total. The highest BCUT2D eigenvalue weighted by atomic mass is 14.8. The van der Waals surface area contributed by atoms with Crippen molar-refractivity contribution in [3.05, 3.63) is 283 Å². The lowest BCUT2D eigenvalue weighted by atomic mass is 9.77. The fraction of sp³-hybridized carbons (Fsp3) is 0.0625. The third kappa shape index (κ3) is 7.01. The molecule has 15 aromatic carbocycles. The van der Waals surface area contributed by atoms with Crippen LogP contribution in [0.5, 0.6) is 0 Å². The molecule has 378 valence electrons. The molecule has 0 N–H and O–H groups in total. The van der Waals surface area contributed by atoms with Gasteiger partial charge in [-0.3, -0.25) is 4.99 Å². The normalized spacial score (nSPS) is 15.2. The number of hydrogen-bond donors (Lipinski definition) is 0. The summed E-state index contributed by atoms with van der Waals surface area (Å²) in [4.78, 5) is 5.62. The van der Waals surface area contributed by atoms with Gasteiger partial charge in [-0.2, -0.15) is 0 Å². The minimum absolute atomic E-state index is 0.355. The molecule has 0 aromatic heterocycles. The van der Waals surface area contributed by atoms with Crippen molar-refractivity contribution in [3.63, 3.8) is 0 Å².